The van der Waals surface area contributed by atoms with Gasteiger partial charge in [-0.1, -0.05) is 6.42 Å². The molecule has 2 atom stereocenters. The molecule has 3 N–H and O–H groups in total. The quantitative estimate of drug-likeness (QED) is 0.660. The molecule has 2 unspecified atom stereocenters. The molecule has 0 aromatic carbocycles. The van der Waals surface area contributed by atoms with Crippen LogP contribution in [0.25, 0.3) is 0 Å². The molecular formula is C13H23N3O2. The minimum atomic E-state index is -0.429. The van der Waals surface area contributed by atoms with E-state index in [1.54, 1.807) is 6.92 Å². The number of hydrogen-bond donors (Lipinski definition) is 3. The normalized spacial score (nSPS) is 25.3. The van der Waals surface area contributed by atoms with Crippen LogP contribution in [0, 0.1) is 0 Å². The van der Waals surface area contributed by atoms with Crippen molar-refractivity contribution in [1.82, 2.24) is 16.0 Å². The van der Waals surface area contributed by atoms with Crippen molar-refractivity contribution >= 4 is 11.8 Å². The molecule has 0 bridgehead atoms. The lowest BCUT2D eigenvalue weighted by atomic mass is 10.0. The van der Waals surface area contributed by atoms with Crippen LogP contribution >= 0.6 is 0 Å². The van der Waals surface area contributed by atoms with Crippen molar-refractivity contribution in [3.63, 3.8) is 0 Å². The van der Waals surface area contributed by atoms with Gasteiger partial charge in [0, 0.05) is 18.5 Å². The SMILES string of the molecule is CC(NC(=O)CC1CCCCN1)C(=O)NC1CC1. The molecule has 0 radical (unpaired) electrons. The second-order valence-corrected chi connectivity index (χ2v) is 5.42. The summed E-state index contributed by atoms with van der Waals surface area (Å²) >= 11 is 0. The monoisotopic (exact) mass is 253 g/mol. The van der Waals surface area contributed by atoms with Crippen molar-refractivity contribution in [3.05, 3.63) is 0 Å². The second kappa shape index (κ2) is 6.18. The van der Waals surface area contributed by atoms with Gasteiger partial charge in [-0.05, 0) is 39.2 Å². The zero-order chi connectivity index (χ0) is 13.0. The summed E-state index contributed by atoms with van der Waals surface area (Å²) in [6.45, 7) is 2.74. The fourth-order valence-corrected chi connectivity index (χ4v) is 2.24. The van der Waals surface area contributed by atoms with Crippen LogP contribution in [0.2, 0.25) is 0 Å². The van der Waals surface area contributed by atoms with Crippen molar-refractivity contribution in [1.29, 1.82) is 0 Å². The third kappa shape index (κ3) is 4.29. The summed E-state index contributed by atoms with van der Waals surface area (Å²) in [6.07, 6.45) is 6.04. The maximum absolute atomic E-state index is 11.8. The molecule has 1 aliphatic heterocycles. The first-order valence-electron chi connectivity index (χ1n) is 6.98. The topological polar surface area (TPSA) is 70.2 Å². The van der Waals surface area contributed by atoms with Crippen LogP contribution in [0.15, 0.2) is 0 Å². The van der Waals surface area contributed by atoms with Gasteiger partial charge in [0.2, 0.25) is 11.8 Å². The van der Waals surface area contributed by atoms with Crippen LogP contribution < -0.4 is 16.0 Å². The van der Waals surface area contributed by atoms with E-state index in [1.807, 2.05) is 0 Å². The summed E-state index contributed by atoms with van der Waals surface area (Å²) in [6, 6.07) is 0.191. The van der Waals surface area contributed by atoms with Gasteiger partial charge in [-0.2, -0.15) is 0 Å². The fraction of sp³-hybridized carbons (Fsp3) is 0.846. The smallest absolute Gasteiger partial charge is 0.242 e. The predicted molar refractivity (Wildman–Crippen MR) is 69.0 cm³/mol. The van der Waals surface area contributed by atoms with E-state index in [1.165, 1.54) is 12.8 Å². The molecule has 0 spiro atoms. The molecule has 18 heavy (non-hydrogen) atoms. The van der Waals surface area contributed by atoms with Gasteiger partial charge in [0.15, 0.2) is 0 Å². The van der Waals surface area contributed by atoms with Gasteiger partial charge in [0.05, 0.1) is 0 Å². The second-order valence-electron chi connectivity index (χ2n) is 5.42. The van der Waals surface area contributed by atoms with Gasteiger partial charge in [0.25, 0.3) is 0 Å². The van der Waals surface area contributed by atoms with E-state index in [0.717, 1.165) is 25.8 Å². The van der Waals surface area contributed by atoms with Gasteiger partial charge in [-0.3, -0.25) is 9.59 Å². The Morgan fingerprint density at radius 2 is 2.06 bits per heavy atom. The molecule has 1 saturated carbocycles. The highest BCUT2D eigenvalue weighted by Crippen LogP contribution is 2.18. The number of hydrogen-bond acceptors (Lipinski definition) is 3. The number of rotatable bonds is 5. The lowest BCUT2D eigenvalue weighted by molar-refractivity contribution is -0.129. The zero-order valence-electron chi connectivity index (χ0n) is 11.0. The average molecular weight is 253 g/mol. The van der Waals surface area contributed by atoms with Crippen molar-refractivity contribution in [2.75, 3.05) is 6.54 Å². The fourth-order valence-electron chi connectivity index (χ4n) is 2.24. The number of piperidine rings is 1. The molecule has 2 aliphatic rings. The van der Waals surface area contributed by atoms with Gasteiger partial charge in [-0.15, -0.1) is 0 Å². The molecule has 1 saturated heterocycles. The molecule has 1 aliphatic carbocycles. The first-order valence-corrected chi connectivity index (χ1v) is 6.98. The first kappa shape index (κ1) is 13.3. The summed E-state index contributed by atoms with van der Waals surface area (Å²) in [7, 11) is 0. The van der Waals surface area contributed by atoms with Crippen LogP contribution in [0.5, 0.6) is 0 Å². The van der Waals surface area contributed by atoms with E-state index in [4.69, 9.17) is 0 Å². The Labute approximate surface area is 108 Å². The molecule has 2 fully saturated rings. The van der Waals surface area contributed by atoms with Crippen LogP contribution in [0.3, 0.4) is 0 Å². The first-order chi connectivity index (χ1) is 8.65. The van der Waals surface area contributed by atoms with E-state index >= 15 is 0 Å². The van der Waals surface area contributed by atoms with Crippen LogP contribution in [0.4, 0.5) is 0 Å². The van der Waals surface area contributed by atoms with E-state index < -0.39 is 6.04 Å². The van der Waals surface area contributed by atoms with Crippen LogP contribution in [0.1, 0.15) is 45.4 Å². The predicted octanol–water partition coefficient (Wildman–Crippen LogP) is 0.302. The maximum Gasteiger partial charge on any atom is 0.242 e. The van der Waals surface area contributed by atoms with Gasteiger partial charge in [-0.25, -0.2) is 0 Å². The Bertz CT molecular complexity index is 309. The number of nitrogens with one attached hydrogen (secondary N) is 3. The molecule has 0 aromatic heterocycles. The van der Waals surface area contributed by atoms with E-state index in [2.05, 4.69) is 16.0 Å². The average Bonchev–Trinajstić information content (AvgIpc) is 3.14. The molecule has 2 amide bonds. The summed E-state index contributed by atoms with van der Waals surface area (Å²) in [5.74, 6) is -0.102. The summed E-state index contributed by atoms with van der Waals surface area (Å²) < 4.78 is 0. The Kier molecular flexibility index (Phi) is 4.58. The summed E-state index contributed by atoms with van der Waals surface area (Å²) in [5.41, 5.74) is 0. The minimum Gasteiger partial charge on any atom is -0.352 e. The Morgan fingerprint density at radius 1 is 1.28 bits per heavy atom. The van der Waals surface area contributed by atoms with Gasteiger partial charge >= 0.3 is 0 Å². The highest BCUT2D eigenvalue weighted by Gasteiger charge is 2.26. The van der Waals surface area contributed by atoms with E-state index in [-0.39, 0.29) is 17.9 Å². The standard InChI is InChI=1S/C13H23N3O2/c1-9(13(18)16-10-5-6-10)15-12(17)8-11-4-2-3-7-14-11/h9-11,14H,2-8H2,1H3,(H,15,17)(H,16,18). The lowest BCUT2D eigenvalue weighted by Crippen LogP contribution is -2.47. The van der Waals surface area contributed by atoms with E-state index in [9.17, 15) is 9.59 Å². The van der Waals surface area contributed by atoms with Crippen molar-refractivity contribution in [3.8, 4) is 0 Å². The van der Waals surface area contributed by atoms with Gasteiger partial charge in [0.1, 0.15) is 6.04 Å². The third-order valence-corrected chi connectivity index (χ3v) is 3.54. The van der Waals surface area contributed by atoms with Crippen molar-refractivity contribution in [2.45, 2.75) is 63.6 Å². The Hall–Kier alpha value is -1.10. The summed E-state index contributed by atoms with van der Waals surface area (Å²) in [4.78, 5) is 23.5. The molecule has 5 nitrogen and oxygen atoms in total. The minimum absolute atomic E-state index is 0.0344. The molecule has 102 valence electrons. The third-order valence-electron chi connectivity index (χ3n) is 3.54. The van der Waals surface area contributed by atoms with Crippen LogP contribution in [-0.2, 0) is 9.59 Å². The number of carbonyl (C=O) groups is 2. The Morgan fingerprint density at radius 3 is 2.67 bits per heavy atom. The molecule has 0 aromatic rings. The highest BCUT2D eigenvalue weighted by molar-refractivity contribution is 5.87. The molecule has 1 heterocycles. The highest BCUT2D eigenvalue weighted by atomic mass is 16.2. The van der Waals surface area contributed by atoms with Crippen LogP contribution in [-0.4, -0.2) is 36.5 Å². The number of amides is 2. The maximum atomic E-state index is 11.8. The lowest BCUT2D eigenvalue weighted by Gasteiger charge is -2.23. The zero-order valence-corrected chi connectivity index (χ0v) is 11.0. The number of carbonyl (C=O) groups excluding carboxylic acids is 2. The van der Waals surface area contributed by atoms with Gasteiger partial charge < -0.3 is 16.0 Å². The van der Waals surface area contributed by atoms with Crippen molar-refractivity contribution in [2.24, 2.45) is 0 Å². The molecule has 2 rings (SSSR count). The van der Waals surface area contributed by atoms with E-state index in [0.29, 0.717) is 12.5 Å². The summed E-state index contributed by atoms with van der Waals surface area (Å²) in [5, 5.41) is 9.00. The van der Waals surface area contributed by atoms with Crippen molar-refractivity contribution < 1.29 is 9.59 Å². The largest absolute Gasteiger partial charge is 0.352 e. The molecule has 5 heteroatoms. The Balaban J connectivity index is 1.66. The molecular weight excluding hydrogens is 230 g/mol.